The molecule has 0 saturated carbocycles. The van der Waals surface area contributed by atoms with Gasteiger partial charge >= 0.3 is 5.97 Å². The van der Waals surface area contributed by atoms with Gasteiger partial charge in [0, 0.05) is 29.7 Å². The van der Waals surface area contributed by atoms with E-state index in [2.05, 4.69) is 41.3 Å². The van der Waals surface area contributed by atoms with E-state index in [-0.39, 0.29) is 6.42 Å². The standard InChI is InChI=1S/C24H23Cl2NO2/c25-22-9-10-23(26)21(15-22)17-27(12-11-24(28)29)16-20-8-4-7-19(14-20)13-18-5-2-1-3-6-18/h1-10,14-15H,11-13,16-17H2,(H,28,29). The number of aliphatic carboxylic acids is 1. The predicted octanol–water partition coefficient (Wildman–Crippen LogP) is 6.06. The monoisotopic (exact) mass is 427 g/mol. The molecule has 3 aromatic carbocycles. The van der Waals surface area contributed by atoms with Crippen LogP contribution in [0.4, 0.5) is 0 Å². The van der Waals surface area contributed by atoms with Crippen LogP contribution in [-0.4, -0.2) is 22.5 Å². The lowest BCUT2D eigenvalue weighted by atomic mass is 10.0. The smallest absolute Gasteiger partial charge is 0.304 e. The minimum atomic E-state index is -0.815. The normalized spacial score (nSPS) is 11.0. The lowest BCUT2D eigenvalue weighted by Gasteiger charge is -2.23. The molecule has 150 valence electrons. The molecule has 0 radical (unpaired) electrons. The van der Waals surface area contributed by atoms with Gasteiger partial charge in [-0.3, -0.25) is 9.69 Å². The maximum atomic E-state index is 11.1. The average molecular weight is 428 g/mol. The Bertz CT molecular complexity index is 960. The lowest BCUT2D eigenvalue weighted by molar-refractivity contribution is -0.137. The first kappa shape index (κ1) is 21.4. The van der Waals surface area contributed by atoms with Crippen LogP contribution in [0.3, 0.4) is 0 Å². The molecule has 29 heavy (non-hydrogen) atoms. The second-order valence-electron chi connectivity index (χ2n) is 7.07. The number of rotatable bonds is 9. The van der Waals surface area contributed by atoms with Gasteiger partial charge in [0.1, 0.15) is 0 Å². The fraction of sp³-hybridized carbons (Fsp3) is 0.208. The van der Waals surface area contributed by atoms with Gasteiger partial charge in [-0.2, -0.15) is 0 Å². The molecule has 0 atom stereocenters. The van der Waals surface area contributed by atoms with Gasteiger partial charge in [0.05, 0.1) is 6.42 Å². The number of nitrogens with zero attached hydrogens (tertiary/aromatic N) is 1. The highest BCUT2D eigenvalue weighted by atomic mass is 35.5. The molecule has 0 aliphatic carbocycles. The molecule has 0 aromatic heterocycles. The zero-order valence-corrected chi connectivity index (χ0v) is 17.5. The van der Waals surface area contributed by atoms with Gasteiger partial charge in [-0.25, -0.2) is 0 Å². The summed E-state index contributed by atoms with van der Waals surface area (Å²) in [7, 11) is 0. The van der Waals surface area contributed by atoms with Crippen molar-refractivity contribution in [2.45, 2.75) is 25.9 Å². The summed E-state index contributed by atoms with van der Waals surface area (Å²) in [5.74, 6) is -0.815. The highest BCUT2D eigenvalue weighted by molar-refractivity contribution is 6.33. The average Bonchev–Trinajstić information content (AvgIpc) is 2.70. The van der Waals surface area contributed by atoms with Crippen molar-refractivity contribution in [1.82, 2.24) is 4.90 Å². The van der Waals surface area contributed by atoms with Crippen molar-refractivity contribution in [3.63, 3.8) is 0 Å². The molecule has 0 bridgehead atoms. The summed E-state index contributed by atoms with van der Waals surface area (Å²) in [5, 5.41) is 10.4. The molecule has 3 nitrogen and oxygen atoms in total. The van der Waals surface area contributed by atoms with Crippen LogP contribution >= 0.6 is 23.2 Å². The summed E-state index contributed by atoms with van der Waals surface area (Å²) < 4.78 is 0. The lowest BCUT2D eigenvalue weighted by Crippen LogP contribution is -2.26. The number of hydrogen-bond acceptors (Lipinski definition) is 2. The molecule has 1 N–H and O–H groups in total. The maximum Gasteiger partial charge on any atom is 0.304 e. The molecule has 0 heterocycles. The molecule has 5 heteroatoms. The van der Waals surface area contributed by atoms with Crippen LogP contribution in [0.5, 0.6) is 0 Å². The Morgan fingerprint density at radius 1 is 0.828 bits per heavy atom. The molecule has 0 aliphatic rings. The Morgan fingerprint density at radius 2 is 1.55 bits per heavy atom. The summed E-state index contributed by atoms with van der Waals surface area (Å²) in [5.41, 5.74) is 4.53. The van der Waals surface area contributed by atoms with Crippen LogP contribution in [0.25, 0.3) is 0 Å². The van der Waals surface area contributed by atoms with Gasteiger partial charge in [-0.1, -0.05) is 77.8 Å². The van der Waals surface area contributed by atoms with E-state index in [1.807, 2.05) is 24.3 Å². The molecular weight excluding hydrogens is 405 g/mol. The Labute approximate surface area is 181 Å². The van der Waals surface area contributed by atoms with Crippen LogP contribution in [0.15, 0.2) is 72.8 Å². The summed E-state index contributed by atoms with van der Waals surface area (Å²) in [6.45, 7) is 1.61. The van der Waals surface area contributed by atoms with E-state index < -0.39 is 5.97 Å². The molecular formula is C24H23Cl2NO2. The molecule has 0 spiro atoms. The van der Waals surface area contributed by atoms with E-state index in [4.69, 9.17) is 28.3 Å². The molecule has 3 aromatic rings. The molecule has 0 aliphatic heterocycles. The van der Waals surface area contributed by atoms with Crippen LogP contribution in [0.1, 0.15) is 28.7 Å². The number of benzene rings is 3. The first-order valence-electron chi connectivity index (χ1n) is 9.49. The van der Waals surface area contributed by atoms with Gasteiger partial charge in [0.15, 0.2) is 0 Å². The third-order valence-electron chi connectivity index (χ3n) is 4.69. The Kier molecular flexibility index (Phi) is 7.70. The molecule has 0 amide bonds. The highest BCUT2D eigenvalue weighted by Crippen LogP contribution is 2.23. The molecule has 0 fully saturated rings. The summed E-state index contributed by atoms with van der Waals surface area (Å²) in [6.07, 6.45) is 0.936. The predicted molar refractivity (Wildman–Crippen MR) is 119 cm³/mol. The molecule has 3 rings (SSSR count). The van der Waals surface area contributed by atoms with E-state index in [0.717, 1.165) is 17.5 Å². The molecule has 0 unspecified atom stereocenters. The Balaban J connectivity index is 1.75. The number of carbonyl (C=O) groups is 1. The SMILES string of the molecule is O=C(O)CCN(Cc1cccc(Cc2ccccc2)c1)Cc1cc(Cl)ccc1Cl. The summed E-state index contributed by atoms with van der Waals surface area (Å²) >= 11 is 12.4. The Hall–Kier alpha value is -2.33. The van der Waals surface area contributed by atoms with Crippen molar-refractivity contribution in [1.29, 1.82) is 0 Å². The van der Waals surface area contributed by atoms with E-state index in [0.29, 0.717) is 29.7 Å². The number of hydrogen-bond donors (Lipinski definition) is 1. The summed E-state index contributed by atoms with van der Waals surface area (Å²) in [4.78, 5) is 13.2. The first-order valence-corrected chi connectivity index (χ1v) is 10.2. The first-order chi connectivity index (χ1) is 14.0. The van der Waals surface area contributed by atoms with E-state index in [1.54, 1.807) is 12.1 Å². The third-order valence-corrected chi connectivity index (χ3v) is 5.30. The van der Waals surface area contributed by atoms with Crippen molar-refractivity contribution in [3.8, 4) is 0 Å². The minimum absolute atomic E-state index is 0.0713. The number of carboxylic acids is 1. The van der Waals surface area contributed by atoms with Gasteiger partial charge in [-0.15, -0.1) is 0 Å². The zero-order chi connectivity index (χ0) is 20.6. The second-order valence-corrected chi connectivity index (χ2v) is 7.92. The zero-order valence-electron chi connectivity index (χ0n) is 16.0. The van der Waals surface area contributed by atoms with E-state index in [9.17, 15) is 4.79 Å². The van der Waals surface area contributed by atoms with Gasteiger partial charge in [0.25, 0.3) is 0 Å². The fourth-order valence-electron chi connectivity index (χ4n) is 3.30. The van der Waals surface area contributed by atoms with Crippen LogP contribution in [0, 0.1) is 0 Å². The van der Waals surface area contributed by atoms with Crippen molar-refractivity contribution in [3.05, 3.63) is 105 Å². The van der Waals surface area contributed by atoms with Gasteiger partial charge in [0.2, 0.25) is 0 Å². The van der Waals surface area contributed by atoms with Gasteiger partial charge < -0.3 is 5.11 Å². The third kappa shape index (κ3) is 6.90. The van der Waals surface area contributed by atoms with Crippen molar-refractivity contribution >= 4 is 29.2 Å². The fourth-order valence-corrected chi connectivity index (χ4v) is 3.67. The van der Waals surface area contributed by atoms with Crippen molar-refractivity contribution in [2.24, 2.45) is 0 Å². The maximum absolute atomic E-state index is 11.1. The Morgan fingerprint density at radius 3 is 2.31 bits per heavy atom. The van der Waals surface area contributed by atoms with Crippen molar-refractivity contribution in [2.75, 3.05) is 6.54 Å². The van der Waals surface area contributed by atoms with Crippen LogP contribution in [0.2, 0.25) is 10.0 Å². The second kappa shape index (κ2) is 10.4. The van der Waals surface area contributed by atoms with E-state index >= 15 is 0 Å². The van der Waals surface area contributed by atoms with Crippen molar-refractivity contribution < 1.29 is 9.90 Å². The van der Waals surface area contributed by atoms with E-state index in [1.165, 1.54) is 11.1 Å². The topological polar surface area (TPSA) is 40.5 Å². The quantitative estimate of drug-likeness (QED) is 0.450. The number of halogens is 2. The molecule has 0 saturated heterocycles. The summed E-state index contributed by atoms with van der Waals surface area (Å²) in [6, 6.07) is 24.1. The van der Waals surface area contributed by atoms with Crippen LogP contribution in [-0.2, 0) is 24.3 Å². The minimum Gasteiger partial charge on any atom is -0.481 e. The van der Waals surface area contributed by atoms with Crippen LogP contribution < -0.4 is 0 Å². The number of carboxylic acid groups (broad SMARTS) is 1. The van der Waals surface area contributed by atoms with Gasteiger partial charge in [-0.05, 0) is 46.9 Å². The largest absolute Gasteiger partial charge is 0.481 e. The highest BCUT2D eigenvalue weighted by Gasteiger charge is 2.12.